The number of hydrogen-bond acceptors (Lipinski definition) is 3. The quantitative estimate of drug-likeness (QED) is 0.559. The first-order valence-corrected chi connectivity index (χ1v) is 8.00. The van der Waals surface area contributed by atoms with Crippen molar-refractivity contribution in [2.24, 2.45) is 0 Å². The molecule has 0 bridgehead atoms. The second kappa shape index (κ2) is 9.10. The maximum absolute atomic E-state index is 11.9. The zero-order valence-electron chi connectivity index (χ0n) is 11.6. The minimum Gasteiger partial charge on any atom is -0.361 e. The summed E-state index contributed by atoms with van der Waals surface area (Å²) in [6.45, 7) is 3.16. The van der Waals surface area contributed by atoms with Crippen molar-refractivity contribution in [2.45, 2.75) is 26.2 Å². The van der Waals surface area contributed by atoms with Gasteiger partial charge in [-0.25, -0.2) is 0 Å². The Kier molecular flexibility index (Phi) is 7.75. The molecule has 0 aliphatic rings. The molecule has 0 N–H and O–H groups in total. The number of Topliss-reactive ketones (excluding diaryl/α,β-unsaturated/α-hetero) is 1. The second-order valence-corrected chi connectivity index (χ2v) is 6.16. The van der Waals surface area contributed by atoms with E-state index in [1.807, 2.05) is 37.4 Å². The maximum Gasteiger partial charge on any atom is 0.163 e. The van der Waals surface area contributed by atoms with Crippen molar-refractivity contribution in [3.05, 3.63) is 35.9 Å². The van der Waals surface area contributed by atoms with E-state index in [0.717, 1.165) is 28.6 Å². The van der Waals surface area contributed by atoms with Crippen LogP contribution in [0.4, 0.5) is 0 Å². The van der Waals surface area contributed by atoms with Gasteiger partial charge in [0.05, 0.1) is 0 Å². The highest BCUT2D eigenvalue weighted by molar-refractivity contribution is 8.22. The number of thioether (sulfide) groups is 1. The van der Waals surface area contributed by atoms with Crippen molar-refractivity contribution in [3.63, 3.8) is 0 Å². The SMILES string of the molecule is CCCCN(C)C(=S)SCCC(=O)c1ccccc1. The average Bonchev–Trinajstić information content (AvgIpc) is 2.45. The van der Waals surface area contributed by atoms with Crippen LogP contribution in [-0.4, -0.2) is 34.3 Å². The third kappa shape index (κ3) is 6.21. The number of thiocarbonyl (C=S) groups is 1. The Morgan fingerprint density at radius 3 is 2.63 bits per heavy atom. The van der Waals surface area contributed by atoms with Crippen molar-refractivity contribution in [1.82, 2.24) is 4.90 Å². The molecule has 0 amide bonds. The summed E-state index contributed by atoms with van der Waals surface area (Å²) in [5.74, 6) is 0.940. The number of carbonyl (C=O) groups is 1. The molecule has 0 saturated heterocycles. The van der Waals surface area contributed by atoms with Gasteiger partial charge >= 0.3 is 0 Å². The van der Waals surface area contributed by atoms with Gasteiger partial charge in [0.15, 0.2) is 5.78 Å². The van der Waals surface area contributed by atoms with Crippen LogP contribution in [0.1, 0.15) is 36.5 Å². The third-order valence-electron chi connectivity index (χ3n) is 2.81. The Morgan fingerprint density at radius 1 is 1.32 bits per heavy atom. The summed E-state index contributed by atoms with van der Waals surface area (Å²) in [5, 5.41) is 0. The molecule has 0 unspecified atom stereocenters. The topological polar surface area (TPSA) is 20.3 Å². The van der Waals surface area contributed by atoms with Crippen LogP contribution in [0.15, 0.2) is 30.3 Å². The zero-order chi connectivity index (χ0) is 14.1. The molecular formula is C15H21NOS2. The van der Waals surface area contributed by atoms with Crippen LogP contribution in [0.25, 0.3) is 0 Å². The van der Waals surface area contributed by atoms with Gasteiger partial charge in [0.2, 0.25) is 0 Å². The van der Waals surface area contributed by atoms with E-state index in [0.29, 0.717) is 6.42 Å². The molecule has 0 fully saturated rings. The first kappa shape index (κ1) is 16.2. The minimum atomic E-state index is 0.187. The molecule has 1 rings (SSSR count). The van der Waals surface area contributed by atoms with E-state index in [9.17, 15) is 4.79 Å². The van der Waals surface area contributed by atoms with E-state index in [2.05, 4.69) is 11.8 Å². The van der Waals surface area contributed by atoms with Gasteiger partial charge < -0.3 is 4.90 Å². The van der Waals surface area contributed by atoms with Gasteiger partial charge in [0.25, 0.3) is 0 Å². The minimum absolute atomic E-state index is 0.187. The molecule has 0 aliphatic heterocycles. The summed E-state index contributed by atoms with van der Waals surface area (Å²) < 4.78 is 0.884. The fourth-order valence-electron chi connectivity index (χ4n) is 1.60. The van der Waals surface area contributed by atoms with E-state index in [1.54, 1.807) is 11.8 Å². The van der Waals surface area contributed by atoms with Gasteiger partial charge in [0.1, 0.15) is 4.32 Å². The van der Waals surface area contributed by atoms with E-state index in [4.69, 9.17) is 12.2 Å². The summed E-state index contributed by atoms with van der Waals surface area (Å²) in [5.41, 5.74) is 0.786. The molecule has 1 aromatic rings. The number of rotatable bonds is 7. The summed E-state index contributed by atoms with van der Waals surface area (Å²) in [6.07, 6.45) is 2.86. The molecule has 0 spiro atoms. The predicted molar refractivity (Wildman–Crippen MR) is 88.0 cm³/mol. The predicted octanol–water partition coefficient (Wildman–Crippen LogP) is 4.01. The molecule has 0 aromatic heterocycles. The number of benzene rings is 1. The molecule has 0 radical (unpaired) electrons. The van der Waals surface area contributed by atoms with Gasteiger partial charge in [-0.05, 0) is 6.42 Å². The van der Waals surface area contributed by atoms with E-state index in [1.165, 1.54) is 6.42 Å². The largest absolute Gasteiger partial charge is 0.361 e. The van der Waals surface area contributed by atoms with Crippen molar-refractivity contribution >= 4 is 34.1 Å². The smallest absolute Gasteiger partial charge is 0.163 e. The molecule has 4 heteroatoms. The Labute approximate surface area is 125 Å². The molecule has 1 aromatic carbocycles. The fraction of sp³-hybridized carbons (Fsp3) is 0.467. The lowest BCUT2D eigenvalue weighted by Crippen LogP contribution is -2.23. The van der Waals surface area contributed by atoms with Crippen LogP contribution in [0, 0.1) is 0 Å². The molecular weight excluding hydrogens is 274 g/mol. The highest BCUT2D eigenvalue weighted by Gasteiger charge is 2.08. The standard InChI is InChI=1S/C15H21NOS2/c1-3-4-11-16(2)15(18)19-12-10-14(17)13-8-6-5-7-9-13/h5-9H,3-4,10-12H2,1-2H3. The second-order valence-electron chi connectivity index (χ2n) is 4.43. The van der Waals surface area contributed by atoms with E-state index < -0.39 is 0 Å². The normalized spacial score (nSPS) is 10.2. The Balaban J connectivity index is 2.27. The molecule has 0 saturated carbocycles. The number of unbranched alkanes of at least 4 members (excludes halogenated alkanes) is 1. The van der Waals surface area contributed by atoms with Gasteiger partial charge in [-0.3, -0.25) is 4.79 Å². The lowest BCUT2D eigenvalue weighted by Gasteiger charge is -2.18. The molecule has 104 valence electrons. The summed E-state index contributed by atoms with van der Waals surface area (Å²) in [6, 6.07) is 9.42. The van der Waals surface area contributed by atoms with Gasteiger partial charge in [-0.2, -0.15) is 0 Å². The maximum atomic E-state index is 11.9. The van der Waals surface area contributed by atoms with Crippen molar-refractivity contribution in [3.8, 4) is 0 Å². The van der Waals surface area contributed by atoms with Crippen molar-refractivity contribution < 1.29 is 4.79 Å². The van der Waals surface area contributed by atoms with Crippen molar-refractivity contribution in [2.75, 3.05) is 19.3 Å². The number of carbonyl (C=O) groups excluding carboxylic acids is 1. The molecule has 2 nitrogen and oxygen atoms in total. The molecule has 0 atom stereocenters. The fourth-order valence-corrected chi connectivity index (χ4v) is 2.71. The number of ketones is 1. The van der Waals surface area contributed by atoms with Gasteiger partial charge in [0, 0.05) is 31.3 Å². The number of nitrogens with zero attached hydrogens (tertiary/aromatic N) is 1. The zero-order valence-corrected chi connectivity index (χ0v) is 13.2. The molecule has 0 aliphatic carbocycles. The molecule has 19 heavy (non-hydrogen) atoms. The van der Waals surface area contributed by atoms with Crippen LogP contribution >= 0.6 is 24.0 Å². The van der Waals surface area contributed by atoms with Crippen LogP contribution in [0.3, 0.4) is 0 Å². The van der Waals surface area contributed by atoms with Crippen LogP contribution in [0.2, 0.25) is 0 Å². The number of hydrogen-bond donors (Lipinski definition) is 0. The summed E-state index contributed by atoms with van der Waals surface area (Å²) in [7, 11) is 2.02. The van der Waals surface area contributed by atoms with Gasteiger partial charge in [-0.1, -0.05) is 67.7 Å². The van der Waals surface area contributed by atoms with Gasteiger partial charge in [-0.15, -0.1) is 0 Å². The first-order valence-electron chi connectivity index (χ1n) is 6.61. The lowest BCUT2D eigenvalue weighted by atomic mass is 10.1. The Morgan fingerprint density at radius 2 is 2.00 bits per heavy atom. The summed E-state index contributed by atoms with van der Waals surface area (Å²) in [4.78, 5) is 14.0. The lowest BCUT2D eigenvalue weighted by molar-refractivity contribution is 0.0989. The van der Waals surface area contributed by atoms with E-state index in [-0.39, 0.29) is 5.78 Å². The Bertz CT molecular complexity index is 406. The van der Waals surface area contributed by atoms with Crippen LogP contribution in [0.5, 0.6) is 0 Å². The van der Waals surface area contributed by atoms with E-state index >= 15 is 0 Å². The summed E-state index contributed by atoms with van der Waals surface area (Å²) >= 11 is 6.93. The molecule has 0 heterocycles. The first-order chi connectivity index (χ1) is 9.15. The monoisotopic (exact) mass is 295 g/mol. The Hall–Kier alpha value is -0.870. The third-order valence-corrected chi connectivity index (χ3v) is 4.44. The van der Waals surface area contributed by atoms with Crippen molar-refractivity contribution in [1.29, 1.82) is 0 Å². The highest BCUT2D eigenvalue weighted by atomic mass is 32.2. The highest BCUT2D eigenvalue weighted by Crippen LogP contribution is 2.12. The van der Waals surface area contributed by atoms with Crippen LogP contribution < -0.4 is 0 Å². The van der Waals surface area contributed by atoms with Crippen LogP contribution in [-0.2, 0) is 0 Å². The average molecular weight is 295 g/mol.